The van der Waals surface area contributed by atoms with E-state index in [1.54, 1.807) is 6.07 Å². The van der Waals surface area contributed by atoms with Gasteiger partial charge >= 0.3 is 0 Å². The number of halogens is 1. The van der Waals surface area contributed by atoms with Crippen molar-refractivity contribution in [2.24, 2.45) is 0 Å². The number of ether oxygens (including phenoxy) is 1. The molecule has 0 spiro atoms. The van der Waals surface area contributed by atoms with Crippen LogP contribution in [0.1, 0.15) is 42.2 Å². The van der Waals surface area contributed by atoms with Gasteiger partial charge in [-0.3, -0.25) is 4.79 Å². The van der Waals surface area contributed by atoms with Crippen molar-refractivity contribution in [3.8, 4) is 5.75 Å². The normalized spacial score (nSPS) is 13.8. The molecule has 0 aliphatic heterocycles. The summed E-state index contributed by atoms with van der Waals surface area (Å²) in [5, 5.41) is 13.2. The first-order valence-corrected chi connectivity index (χ1v) is 8.83. The van der Waals surface area contributed by atoms with Crippen LogP contribution < -0.4 is 10.1 Å². The van der Waals surface area contributed by atoms with E-state index in [9.17, 15) is 4.79 Å². The van der Waals surface area contributed by atoms with Crippen molar-refractivity contribution < 1.29 is 9.53 Å². The number of benzene rings is 1. The predicted molar refractivity (Wildman–Crippen MR) is 91.4 cm³/mol. The predicted octanol–water partition coefficient (Wildman–Crippen LogP) is 4.18. The van der Waals surface area contributed by atoms with Crippen LogP contribution in [-0.2, 0) is 4.79 Å². The second-order valence-electron chi connectivity index (χ2n) is 5.63. The van der Waals surface area contributed by atoms with Crippen molar-refractivity contribution in [1.82, 2.24) is 10.2 Å². The van der Waals surface area contributed by atoms with Gasteiger partial charge in [0.1, 0.15) is 10.8 Å². The minimum absolute atomic E-state index is 0.0556. The molecule has 1 aromatic carbocycles. The Morgan fingerprint density at radius 1 is 1.43 bits per heavy atom. The number of hydrogen-bond donors (Lipinski definition) is 1. The molecule has 2 aromatic rings. The maximum Gasteiger partial charge on any atom is 0.226 e. The third kappa shape index (κ3) is 4.65. The Balaban J connectivity index is 1.38. The molecule has 122 valence electrons. The van der Waals surface area contributed by atoms with E-state index in [4.69, 9.17) is 16.3 Å². The van der Waals surface area contributed by atoms with Gasteiger partial charge in [0.15, 0.2) is 0 Å². The Kier molecular flexibility index (Phi) is 5.13. The largest absolute Gasteiger partial charge is 0.493 e. The Morgan fingerprint density at radius 3 is 3.00 bits per heavy atom. The maximum atomic E-state index is 11.9. The first-order chi connectivity index (χ1) is 11.1. The van der Waals surface area contributed by atoms with Gasteiger partial charge in [0.2, 0.25) is 11.0 Å². The standard InChI is InChI=1S/C16H18ClN3O2S/c1-10-9-12(17)6-7-13(10)22-8-2-3-14(21)18-16-20-19-15(23-16)11-4-5-11/h6-7,9,11H,2-5,8H2,1H3,(H,18,20,21). The molecule has 0 saturated heterocycles. The maximum absolute atomic E-state index is 11.9. The molecule has 1 heterocycles. The molecule has 0 atom stereocenters. The van der Waals surface area contributed by atoms with Crippen molar-refractivity contribution in [2.75, 3.05) is 11.9 Å². The first kappa shape index (κ1) is 16.2. The molecule has 23 heavy (non-hydrogen) atoms. The molecule has 0 radical (unpaired) electrons. The lowest BCUT2D eigenvalue weighted by molar-refractivity contribution is -0.116. The highest BCUT2D eigenvalue weighted by molar-refractivity contribution is 7.15. The number of carbonyl (C=O) groups is 1. The lowest BCUT2D eigenvalue weighted by atomic mass is 10.2. The quantitative estimate of drug-likeness (QED) is 0.760. The van der Waals surface area contributed by atoms with E-state index in [1.165, 1.54) is 24.2 Å². The van der Waals surface area contributed by atoms with Gasteiger partial charge in [-0.2, -0.15) is 0 Å². The number of hydrogen-bond acceptors (Lipinski definition) is 5. The van der Waals surface area contributed by atoms with E-state index in [0.717, 1.165) is 16.3 Å². The number of anilines is 1. The summed E-state index contributed by atoms with van der Waals surface area (Å²) in [6.07, 6.45) is 3.40. The van der Waals surface area contributed by atoms with Crippen LogP contribution in [0.4, 0.5) is 5.13 Å². The monoisotopic (exact) mass is 351 g/mol. The van der Waals surface area contributed by atoms with Crippen LogP contribution in [-0.4, -0.2) is 22.7 Å². The number of aromatic nitrogens is 2. The highest BCUT2D eigenvalue weighted by Crippen LogP contribution is 2.42. The second-order valence-corrected chi connectivity index (χ2v) is 7.08. The van der Waals surface area contributed by atoms with Gasteiger partial charge in [-0.05, 0) is 49.9 Å². The summed E-state index contributed by atoms with van der Waals surface area (Å²) < 4.78 is 5.67. The fraction of sp³-hybridized carbons (Fsp3) is 0.438. The van der Waals surface area contributed by atoms with Crippen LogP contribution in [0.2, 0.25) is 5.02 Å². The molecular weight excluding hydrogens is 334 g/mol. The minimum atomic E-state index is -0.0556. The summed E-state index contributed by atoms with van der Waals surface area (Å²) >= 11 is 7.38. The Labute approximate surface area is 144 Å². The lowest BCUT2D eigenvalue weighted by Gasteiger charge is -2.09. The first-order valence-electron chi connectivity index (χ1n) is 7.64. The van der Waals surface area contributed by atoms with E-state index in [0.29, 0.717) is 35.5 Å². The van der Waals surface area contributed by atoms with Gasteiger partial charge in [-0.1, -0.05) is 22.9 Å². The SMILES string of the molecule is Cc1cc(Cl)ccc1OCCCC(=O)Nc1nnc(C2CC2)s1. The van der Waals surface area contributed by atoms with Gasteiger partial charge in [-0.15, -0.1) is 10.2 Å². The topological polar surface area (TPSA) is 64.1 Å². The fourth-order valence-corrected chi connectivity index (χ4v) is 3.31. The van der Waals surface area contributed by atoms with Crippen LogP contribution >= 0.6 is 22.9 Å². The molecule has 1 saturated carbocycles. The third-order valence-corrected chi connectivity index (χ3v) is 4.79. The molecule has 1 fully saturated rings. The number of nitrogens with one attached hydrogen (secondary N) is 1. The lowest BCUT2D eigenvalue weighted by Crippen LogP contribution is -2.12. The molecule has 0 bridgehead atoms. The van der Waals surface area contributed by atoms with Crippen molar-refractivity contribution >= 4 is 34.0 Å². The molecule has 1 aromatic heterocycles. The highest BCUT2D eigenvalue weighted by atomic mass is 35.5. The smallest absolute Gasteiger partial charge is 0.226 e. The molecule has 1 aliphatic rings. The molecular formula is C16H18ClN3O2S. The molecule has 3 rings (SSSR count). The van der Waals surface area contributed by atoms with Crippen molar-refractivity contribution in [2.45, 2.75) is 38.5 Å². The van der Waals surface area contributed by atoms with Crippen LogP contribution in [0.25, 0.3) is 0 Å². The number of carbonyl (C=O) groups excluding carboxylic acids is 1. The van der Waals surface area contributed by atoms with Crippen LogP contribution in [0, 0.1) is 6.92 Å². The summed E-state index contributed by atoms with van der Waals surface area (Å²) in [7, 11) is 0. The fourth-order valence-electron chi connectivity index (χ4n) is 2.15. The van der Waals surface area contributed by atoms with Gasteiger partial charge < -0.3 is 10.1 Å². The van der Waals surface area contributed by atoms with Gasteiger partial charge in [0.25, 0.3) is 0 Å². The molecule has 0 unspecified atom stereocenters. The summed E-state index contributed by atoms with van der Waals surface area (Å²) in [6, 6.07) is 5.50. The van der Waals surface area contributed by atoms with E-state index in [-0.39, 0.29) is 5.91 Å². The zero-order valence-electron chi connectivity index (χ0n) is 12.8. The zero-order chi connectivity index (χ0) is 16.2. The third-order valence-electron chi connectivity index (χ3n) is 3.56. The second kappa shape index (κ2) is 7.27. The van der Waals surface area contributed by atoms with Crippen LogP contribution in [0.3, 0.4) is 0 Å². The van der Waals surface area contributed by atoms with Crippen molar-refractivity contribution in [1.29, 1.82) is 0 Å². The molecule has 1 aliphatic carbocycles. The number of nitrogens with zero attached hydrogens (tertiary/aromatic N) is 2. The van der Waals surface area contributed by atoms with Gasteiger partial charge in [0, 0.05) is 17.4 Å². The number of amides is 1. The number of aryl methyl sites for hydroxylation is 1. The van der Waals surface area contributed by atoms with Gasteiger partial charge in [-0.25, -0.2) is 0 Å². The summed E-state index contributed by atoms with van der Waals surface area (Å²) in [4.78, 5) is 11.9. The van der Waals surface area contributed by atoms with Crippen molar-refractivity contribution in [3.05, 3.63) is 33.8 Å². The zero-order valence-corrected chi connectivity index (χ0v) is 14.4. The minimum Gasteiger partial charge on any atom is -0.493 e. The molecule has 1 amide bonds. The van der Waals surface area contributed by atoms with E-state index in [1.807, 2.05) is 19.1 Å². The van der Waals surface area contributed by atoms with E-state index in [2.05, 4.69) is 15.5 Å². The Morgan fingerprint density at radius 2 is 2.26 bits per heavy atom. The Hall–Kier alpha value is -1.66. The summed E-state index contributed by atoms with van der Waals surface area (Å²) in [5.74, 6) is 1.31. The highest BCUT2D eigenvalue weighted by Gasteiger charge is 2.27. The number of rotatable bonds is 7. The summed E-state index contributed by atoms with van der Waals surface area (Å²) in [6.45, 7) is 2.43. The molecule has 1 N–H and O–H groups in total. The van der Waals surface area contributed by atoms with Crippen molar-refractivity contribution in [3.63, 3.8) is 0 Å². The summed E-state index contributed by atoms with van der Waals surface area (Å²) in [5.41, 5.74) is 0.989. The molecule has 7 heteroatoms. The van der Waals surface area contributed by atoms with Crippen LogP contribution in [0.15, 0.2) is 18.2 Å². The Bertz CT molecular complexity index is 700. The average molecular weight is 352 g/mol. The van der Waals surface area contributed by atoms with Crippen LogP contribution in [0.5, 0.6) is 5.75 Å². The molecule has 5 nitrogen and oxygen atoms in total. The van der Waals surface area contributed by atoms with E-state index < -0.39 is 0 Å². The van der Waals surface area contributed by atoms with E-state index >= 15 is 0 Å². The van der Waals surface area contributed by atoms with Gasteiger partial charge in [0.05, 0.1) is 6.61 Å². The average Bonchev–Trinajstić information content (AvgIpc) is 3.26.